The van der Waals surface area contributed by atoms with Gasteiger partial charge in [0, 0.05) is 5.56 Å². The van der Waals surface area contributed by atoms with Crippen LogP contribution in [0.2, 0.25) is 0 Å². The van der Waals surface area contributed by atoms with Crippen LogP contribution in [0.3, 0.4) is 0 Å². The fourth-order valence-corrected chi connectivity index (χ4v) is 2.47. The van der Waals surface area contributed by atoms with Crippen LogP contribution in [0.4, 0.5) is 0 Å². The van der Waals surface area contributed by atoms with Crippen molar-refractivity contribution in [3.05, 3.63) is 35.9 Å². The summed E-state index contributed by atoms with van der Waals surface area (Å²) >= 11 is 1.99. The molecule has 0 amide bonds. The van der Waals surface area contributed by atoms with E-state index < -0.39 is 0 Å². The molecule has 0 aromatic heterocycles. The zero-order chi connectivity index (χ0) is 8.93. The van der Waals surface area contributed by atoms with Crippen molar-refractivity contribution in [1.82, 2.24) is 0 Å². The minimum atomic E-state index is 0.584. The summed E-state index contributed by atoms with van der Waals surface area (Å²) in [6, 6.07) is 10.2. The first-order valence-corrected chi connectivity index (χ1v) is 5.68. The van der Waals surface area contributed by atoms with Crippen LogP contribution in [0.25, 0.3) is 0 Å². The van der Waals surface area contributed by atoms with Gasteiger partial charge in [-0.2, -0.15) is 0 Å². The van der Waals surface area contributed by atoms with Gasteiger partial charge in [-0.25, -0.2) is 0 Å². The Balaban J connectivity index is 2.03. The van der Waals surface area contributed by atoms with E-state index in [9.17, 15) is 0 Å². The highest BCUT2D eigenvalue weighted by Gasteiger charge is 2.11. The van der Waals surface area contributed by atoms with Crippen LogP contribution in [-0.4, -0.2) is 11.0 Å². The van der Waals surface area contributed by atoms with Gasteiger partial charge in [0.25, 0.3) is 0 Å². The SMILES string of the molecule is C(#C[C@@H]1CCCS1)c1ccccc1. The molecule has 0 aliphatic carbocycles. The van der Waals surface area contributed by atoms with Crippen LogP contribution < -0.4 is 0 Å². The largest absolute Gasteiger partial charge is 0.145 e. The molecule has 0 N–H and O–H groups in total. The maximum atomic E-state index is 3.31. The van der Waals surface area contributed by atoms with Crippen LogP contribution in [0.15, 0.2) is 30.3 Å². The molecule has 13 heavy (non-hydrogen) atoms. The van der Waals surface area contributed by atoms with Crippen molar-refractivity contribution in [2.24, 2.45) is 0 Å². The lowest BCUT2D eigenvalue weighted by Gasteiger charge is -1.94. The fraction of sp³-hybridized carbons (Fsp3) is 0.333. The Bertz CT molecular complexity index is 312. The summed E-state index contributed by atoms with van der Waals surface area (Å²) in [6.07, 6.45) is 2.60. The van der Waals surface area contributed by atoms with Crippen molar-refractivity contribution in [1.29, 1.82) is 0 Å². The lowest BCUT2D eigenvalue weighted by atomic mass is 10.2. The second kappa shape index (κ2) is 4.39. The average molecular weight is 188 g/mol. The molecule has 0 bridgehead atoms. The number of hydrogen-bond acceptors (Lipinski definition) is 1. The molecular weight excluding hydrogens is 176 g/mol. The number of rotatable bonds is 0. The predicted molar refractivity (Wildman–Crippen MR) is 58.8 cm³/mol. The molecule has 0 saturated carbocycles. The molecule has 0 unspecified atom stereocenters. The number of benzene rings is 1. The molecule has 1 heteroatoms. The molecule has 1 aliphatic rings. The van der Waals surface area contributed by atoms with Gasteiger partial charge in [-0.1, -0.05) is 30.0 Å². The Morgan fingerprint density at radius 3 is 2.77 bits per heavy atom. The summed E-state index contributed by atoms with van der Waals surface area (Å²) < 4.78 is 0. The number of thioether (sulfide) groups is 1. The molecule has 66 valence electrons. The van der Waals surface area contributed by atoms with E-state index in [1.807, 2.05) is 30.0 Å². The van der Waals surface area contributed by atoms with E-state index in [1.54, 1.807) is 0 Å². The Morgan fingerprint density at radius 1 is 1.23 bits per heavy atom. The molecular formula is C12H12S. The molecule has 1 heterocycles. The standard InChI is InChI=1S/C12H12S/c1-2-5-11(6-3-1)8-9-12-7-4-10-13-12/h1-3,5-6,12H,4,7,10H2/t12-/m0/s1. The van der Waals surface area contributed by atoms with E-state index in [0.717, 1.165) is 5.56 Å². The molecule has 1 saturated heterocycles. The first-order chi connectivity index (χ1) is 6.45. The van der Waals surface area contributed by atoms with E-state index in [1.165, 1.54) is 18.6 Å². The van der Waals surface area contributed by atoms with Crippen LogP contribution in [0.5, 0.6) is 0 Å². The third kappa shape index (κ3) is 2.54. The van der Waals surface area contributed by atoms with Gasteiger partial charge in [-0.05, 0) is 30.7 Å². The van der Waals surface area contributed by atoms with E-state index in [2.05, 4.69) is 24.0 Å². The van der Waals surface area contributed by atoms with Crippen molar-refractivity contribution in [2.45, 2.75) is 18.1 Å². The average Bonchev–Trinajstić information content (AvgIpc) is 2.69. The Labute approximate surface area is 83.7 Å². The van der Waals surface area contributed by atoms with Gasteiger partial charge in [-0.3, -0.25) is 0 Å². The van der Waals surface area contributed by atoms with Crippen LogP contribution in [-0.2, 0) is 0 Å². The highest BCUT2D eigenvalue weighted by atomic mass is 32.2. The summed E-state index contributed by atoms with van der Waals surface area (Å²) in [4.78, 5) is 0. The van der Waals surface area contributed by atoms with Crippen LogP contribution in [0.1, 0.15) is 18.4 Å². The zero-order valence-corrected chi connectivity index (χ0v) is 8.31. The topological polar surface area (TPSA) is 0 Å². The summed E-state index contributed by atoms with van der Waals surface area (Å²) in [5, 5.41) is 0.584. The van der Waals surface area contributed by atoms with Crippen molar-refractivity contribution in [3.63, 3.8) is 0 Å². The van der Waals surface area contributed by atoms with Crippen LogP contribution in [0, 0.1) is 11.8 Å². The van der Waals surface area contributed by atoms with E-state index in [0.29, 0.717) is 5.25 Å². The molecule has 1 aromatic carbocycles. The van der Waals surface area contributed by atoms with Gasteiger partial charge in [-0.15, -0.1) is 11.8 Å². The zero-order valence-electron chi connectivity index (χ0n) is 7.49. The highest BCUT2D eigenvalue weighted by molar-refractivity contribution is 8.00. The molecule has 1 fully saturated rings. The highest BCUT2D eigenvalue weighted by Crippen LogP contribution is 2.25. The lowest BCUT2D eigenvalue weighted by Crippen LogP contribution is -1.89. The summed E-state index contributed by atoms with van der Waals surface area (Å²) in [5.41, 5.74) is 1.13. The van der Waals surface area contributed by atoms with E-state index >= 15 is 0 Å². The maximum Gasteiger partial charge on any atom is 0.0661 e. The summed E-state index contributed by atoms with van der Waals surface area (Å²) in [6.45, 7) is 0. The second-order valence-corrected chi connectivity index (χ2v) is 4.45. The quantitative estimate of drug-likeness (QED) is 0.564. The predicted octanol–water partition coefficient (Wildman–Crippen LogP) is 2.93. The Hall–Kier alpha value is -0.870. The molecule has 0 nitrogen and oxygen atoms in total. The maximum absolute atomic E-state index is 3.31. The number of hydrogen-bond donors (Lipinski definition) is 0. The molecule has 1 aliphatic heterocycles. The lowest BCUT2D eigenvalue weighted by molar-refractivity contribution is 0.894. The van der Waals surface area contributed by atoms with Gasteiger partial charge >= 0.3 is 0 Å². The van der Waals surface area contributed by atoms with E-state index in [-0.39, 0.29) is 0 Å². The fourth-order valence-electron chi connectivity index (χ4n) is 1.38. The minimum absolute atomic E-state index is 0.584. The van der Waals surface area contributed by atoms with Gasteiger partial charge in [0.2, 0.25) is 0 Å². The molecule has 0 spiro atoms. The third-order valence-corrected chi connectivity index (χ3v) is 3.36. The van der Waals surface area contributed by atoms with Gasteiger partial charge in [0.1, 0.15) is 0 Å². The first-order valence-electron chi connectivity index (χ1n) is 4.63. The van der Waals surface area contributed by atoms with Gasteiger partial charge < -0.3 is 0 Å². The molecule has 2 rings (SSSR count). The smallest absolute Gasteiger partial charge is 0.0661 e. The van der Waals surface area contributed by atoms with E-state index in [4.69, 9.17) is 0 Å². The van der Waals surface area contributed by atoms with Crippen LogP contribution >= 0.6 is 11.8 Å². The first kappa shape index (κ1) is 8.72. The minimum Gasteiger partial charge on any atom is -0.145 e. The summed E-state index contributed by atoms with van der Waals surface area (Å²) in [5.74, 6) is 7.81. The van der Waals surface area contributed by atoms with Gasteiger partial charge in [0.15, 0.2) is 0 Å². The second-order valence-electron chi connectivity index (χ2n) is 3.14. The third-order valence-electron chi connectivity index (χ3n) is 2.08. The van der Waals surface area contributed by atoms with Gasteiger partial charge in [0.05, 0.1) is 5.25 Å². The van der Waals surface area contributed by atoms with Crippen molar-refractivity contribution < 1.29 is 0 Å². The Kier molecular flexibility index (Phi) is 2.94. The molecule has 1 aromatic rings. The van der Waals surface area contributed by atoms with Crippen molar-refractivity contribution >= 4 is 11.8 Å². The van der Waals surface area contributed by atoms with Crippen molar-refractivity contribution in [2.75, 3.05) is 5.75 Å². The molecule has 1 atom stereocenters. The van der Waals surface area contributed by atoms with Crippen molar-refractivity contribution in [3.8, 4) is 11.8 Å². The summed E-state index contributed by atoms with van der Waals surface area (Å²) in [7, 11) is 0. The molecule has 0 radical (unpaired) electrons. The normalized spacial score (nSPS) is 20.8. The monoisotopic (exact) mass is 188 g/mol. The Morgan fingerprint density at radius 2 is 2.08 bits per heavy atom.